The van der Waals surface area contributed by atoms with E-state index in [0.717, 1.165) is 16.8 Å². The summed E-state index contributed by atoms with van der Waals surface area (Å²) in [5.41, 5.74) is 2.43. The summed E-state index contributed by atoms with van der Waals surface area (Å²) < 4.78 is 0. The van der Waals surface area contributed by atoms with Crippen molar-refractivity contribution in [3.63, 3.8) is 0 Å². The standard InChI is InChI=1S/C25H26ClN3O2/c1-2-8-23(30)29(18-19-12-14-21(26)15-13-19)24(20-9-4-3-5-10-20)25(31)28-17-22-11-6-7-16-27-22/h3-7,9-16,24H,2,8,17-18H2,1H3,(H,28,31). The van der Waals surface area contributed by atoms with Gasteiger partial charge in [0.15, 0.2) is 0 Å². The van der Waals surface area contributed by atoms with Crippen molar-refractivity contribution in [3.05, 3.63) is 101 Å². The van der Waals surface area contributed by atoms with Gasteiger partial charge in [-0.15, -0.1) is 0 Å². The van der Waals surface area contributed by atoms with Gasteiger partial charge in [0.25, 0.3) is 0 Å². The Morgan fingerprint density at radius 2 is 1.71 bits per heavy atom. The number of benzene rings is 2. The van der Waals surface area contributed by atoms with Gasteiger partial charge in [-0.1, -0.05) is 67.1 Å². The number of rotatable bonds is 9. The molecule has 1 N–H and O–H groups in total. The number of aromatic nitrogens is 1. The van der Waals surface area contributed by atoms with E-state index in [-0.39, 0.29) is 11.8 Å². The lowest BCUT2D eigenvalue weighted by atomic mass is 10.0. The second kappa shape index (κ2) is 11.3. The fourth-order valence-electron chi connectivity index (χ4n) is 3.35. The number of hydrogen-bond acceptors (Lipinski definition) is 3. The molecule has 1 heterocycles. The highest BCUT2D eigenvalue weighted by Crippen LogP contribution is 2.25. The third-order valence-corrected chi connectivity index (χ3v) is 5.15. The van der Waals surface area contributed by atoms with Gasteiger partial charge in [0.2, 0.25) is 11.8 Å². The molecule has 0 aliphatic carbocycles. The van der Waals surface area contributed by atoms with Crippen molar-refractivity contribution in [1.29, 1.82) is 0 Å². The monoisotopic (exact) mass is 435 g/mol. The molecule has 0 saturated heterocycles. The van der Waals surface area contributed by atoms with Crippen LogP contribution in [0.15, 0.2) is 79.0 Å². The first-order valence-corrected chi connectivity index (χ1v) is 10.7. The van der Waals surface area contributed by atoms with Crippen LogP contribution in [0.5, 0.6) is 0 Å². The molecule has 160 valence electrons. The average Bonchev–Trinajstić information content (AvgIpc) is 2.80. The molecule has 5 nitrogen and oxygen atoms in total. The van der Waals surface area contributed by atoms with E-state index in [4.69, 9.17) is 11.6 Å². The molecule has 0 bridgehead atoms. The summed E-state index contributed by atoms with van der Waals surface area (Å²) in [4.78, 5) is 32.4. The molecule has 0 fully saturated rings. The van der Waals surface area contributed by atoms with Crippen molar-refractivity contribution in [2.75, 3.05) is 0 Å². The first-order chi connectivity index (χ1) is 15.1. The molecule has 0 spiro atoms. The second-order valence-electron chi connectivity index (χ2n) is 7.25. The van der Waals surface area contributed by atoms with E-state index in [9.17, 15) is 9.59 Å². The molecule has 6 heteroatoms. The van der Waals surface area contributed by atoms with Crippen LogP contribution in [0.25, 0.3) is 0 Å². The molecule has 0 radical (unpaired) electrons. The molecular formula is C25H26ClN3O2. The van der Waals surface area contributed by atoms with Crippen LogP contribution in [0.3, 0.4) is 0 Å². The molecule has 3 aromatic rings. The smallest absolute Gasteiger partial charge is 0.247 e. The molecule has 31 heavy (non-hydrogen) atoms. The van der Waals surface area contributed by atoms with Crippen molar-refractivity contribution in [2.45, 2.75) is 38.9 Å². The highest BCUT2D eigenvalue weighted by atomic mass is 35.5. The zero-order valence-corrected chi connectivity index (χ0v) is 18.3. The van der Waals surface area contributed by atoms with Crippen molar-refractivity contribution in [2.24, 2.45) is 0 Å². The summed E-state index contributed by atoms with van der Waals surface area (Å²) in [6, 6.07) is 21.5. The lowest BCUT2D eigenvalue weighted by Gasteiger charge is -2.31. The maximum atomic E-state index is 13.4. The molecule has 0 aliphatic heterocycles. The van der Waals surface area contributed by atoms with Crippen LogP contribution in [0.1, 0.15) is 42.6 Å². The minimum atomic E-state index is -0.750. The fourth-order valence-corrected chi connectivity index (χ4v) is 3.48. The van der Waals surface area contributed by atoms with Gasteiger partial charge in [-0.05, 0) is 41.8 Å². The minimum Gasteiger partial charge on any atom is -0.348 e. The van der Waals surface area contributed by atoms with Crippen molar-refractivity contribution >= 4 is 23.4 Å². The predicted molar refractivity (Wildman–Crippen MR) is 122 cm³/mol. The Hall–Kier alpha value is -3.18. The number of amides is 2. The van der Waals surface area contributed by atoms with Crippen molar-refractivity contribution in [1.82, 2.24) is 15.2 Å². The van der Waals surface area contributed by atoms with Gasteiger partial charge in [0, 0.05) is 24.2 Å². The number of halogens is 1. The van der Waals surface area contributed by atoms with E-state index in [0.29, 0.717) is 31.0 Å². The van der Waals surface area contributed by atoms with Gasteiger partial charge in [-0.3, -0.25) is 14.6 Å². The van der Waals surface area contributed by atoms with E-state index < -0.39 is 6.04 Å². The maximum Gasteiger partial charge on any atom is 0.247 e. The van der Waals surface area contributed by atoms with Gasteiger partial charge >= 0.3 is 0 Å². The molecule has 2 amide bonds. The fraction of sp³-hybridized carbons (Fsp3) is 0.240. The Bertz CT molecular complexity index is 979. The highest BCUT2D eigenvalue weighted by molar-refractivity contribution is 6.30. The minimum absolute atomic E-state index is 0.0701. The van der Waals surface area contributed by atoms with Gasteiger partial charge in [-0.25, -0.2) is 0 Å². The van der Waals surface area contributed by atoms with Gasteiger partial charge < -0.3 is 10.2 Å². The molecule has 1 aromatic heterocycles. The number of pyridine rings is 1. The Balaban J connectivity index is 1.91. The number of carbonyl (C=O) groups excluding carboxylic acids is 2. The molecule has 0 aliphatic rings. The van der Waals surface area contributed by atoms with E-state index in [1.807, 2.05) is 67.6 Å². The largest absolute Gasteiger partial charge is 0.348 e. The Morgan fingerprint density at radius 3 is 2.35 bits per heavy atom. The summed E-state index contributed by atoms with van der Waals surface area (Å²) in [6.07, 6.45) is 2.76. The maximum absolute atomic E-state index is 13.4. The molecule has 1 atom stereocenters. The van der Waals surface area contributed by atoms with E-state index >= 15 is 0 Å². The topological polar surface area (TPSA) is 62.3 Å². The lowest BCUT2D eigenvalue weighted by Crippen LogP contribution is -2.43. The van der Waals surface area contributed by atoms with Crippen LogP contribution < -0.4 is 5.32 Å². The van der Waals surface area contributed by atoms with Crippen LogP contribution in [0.4, 0.5) is 0 Å². The molecule has 1 unspecified atom stereocenters. The summed E-state index contributed by atoms with van der Waals surface area (Å²) in [6.45, 7) is 2.56. The van der Waals surface area contributed by atoms with Crippen LogP contribution in [-0.2, 0) is 22.7 Å². The third kappa shape index (κ3) is 6.40. The van der Waals surface area contributed by atoms with Gasteiger partial charge in [-0.2, -0.15) is 0 Å². The SMILES string of the molecule is CCCC(=O)N(Cc1ccc(Cl)cc1)C(C(=O)NCc1ccccn1)c1ccccc1. The number of hydrogen-bond donors (Lipinski definition) is 1. The Morgan fingerprint density at radius 1 is 1.00 bits per heavy atom. The third-order valence-electron chi connectivity index (χ3n) is 4.90. The summed E-state index contributed by atoms with van der Waals surface area (Å²) in [5, 5.41) is 3.58. The van der Waals surface area contributed by atoms with Crippen LogP contribution >= 0.6 is 11.6 Å². The average molecular weight is 436 g/mol. The molecule has 0 saturated carbocycles. The Kier molecular flexibility index (Phi) is 8.19. The molecule has 3 rings (SSSR count). The Labute approximate surface area is 188 Å². The van der Waals surface area contributed by atoms with Crippen molar-refractivity contribution < 1.29 is 9.59 Å². The first kappa shape index (κ1) is 22.5. The van der Waals surface area contributed by atoms with Crippen LogP contribution in [-0.4, -0.2) is 21.7 Å². The summed E-state index contributed by atoms with van der Waals surface area (Å²) in [5.74, 6) is -0.311. The summed E-state index contributed by atoms with van der Waals surface area (Å²) in [7, 11) is 0. The lowest BCUT2D eigenvalue weighted by molar-refractivity contribution is -0.141. The van der Waals surface area contributed by atoms with Crippen LogP contribution in [0.2, 0.25) is 5.02 Å². The normalized spacial score (nSPS) is 11.5. The number of nitrogens with zero attached hydrogens (tertiary/aromatic N) is 2. The van der Waals surface area contributed by atoms with E-state index in [1.54, 1.807) is 23.2 Å². The predicted octanol–water partition coefficient (Wildman–Crippen LogP) is 4.92. The number of carbonyl (C=O) groups is 2. The van der Waals surface area contributed by atoms with Gasteiger partial charge in [0.1, 0.15) is 6.04 Å². The summed E-state index contributed by atoms with van der Waals surface area (Å²) >= 11 is 6.02. The van der Waals surface area contributed by atoms with E-state index in [1.165, 1.54) is 0 Å². The zero-order chi connectivity index (χ0) is 22.1. The molecule has 2 aromatic carbocycles. The van der Waals surface area contributed by atoms with E-state index in [2.05, 4.69) is 10.3 Å². The highest BCUT2D eigenvalue weighted by Gasteiger charge is 2.31. The van der Waals surface area contributed by atoms with Crippen LogP contribution in [0, 0.1) is 0 Å². The zero-order valence-electron chi connectivity index (χ0n) is 17.5. The quantitative estimate of drug-likeness (QED) is 0.518. The first-order valence-electron chi connectivity index (χ1n) is 10.3. The molecular weight excluding hydrogens is 410 g/mol. The number of nitrogens with one attached hydrogen (secondary N) is 1. The second-order valence-corrected chi connectivity index (χ2v) is 7.69. The van der Waals surface area contributed by atoms with Gasteiger partial charge in [0.05, 0.1) is 12.2 Å². The van der Waals surface area contributed by atoms with Crippen molar-refractivity contribution in [3.8, 4) is 0 Å².